The molecule has 80 valence electrons. The first-order chi connectivity index (χ1) is 7.31. The smallest absolute Gasteiger partial charge is 0.216 e. The van der Waals surface area contributed by atoms with Gasteiger partial charge in [0.25, 0.3) is 0 Å². The van der Waals surface area contributed by atoms with E-state index in [0.29, 0.717) is 23.5 Å². The Labute approximate surface area is 97.4 Å². The van der Waals surface area contributed by atoms with Crippen LogP contribution in [0.2, 0.25) is 0 Å². The van der Waals surface area contributed by atoms with Gasteiger partial charge in [-0.3, -0.25) is 0 Å². The lowest BCUT2D eigenvalue weighted by Gasteiger charge is -2.07. The minimum atomic E-state index is -0.253. The molecule has 0 aliphatic heterocycles. The summed E-state index contributed by atoms with van der Waals surface area (Å²) < 4.78 is 5.36. The third-order valence-electron chi connectivity index (χ3n) is 1.78. The van der Waals surface area contributed by atoms with Crippen LogP contribution in [-0.2, 0) is 0 Å². The van der Waals surface area contributed by atoms with Crippen molar-refractivity contribution in [1.82, 2.24) is 9.97 Å². The van der Waals surface area contributed by atoms with Crippen LogP contribution < -0.4 is 4.74 Å². The molecule has 1 rings (SSSR count). The van der Waals surface area contributed by atoms with Gasteiger partial charge in [-0.1, -0.05) is 22.9 Å². The second kappa shape index (κ2) is 6.36. The number of halogens is 1. The molecular weight excluding hydrogens is 258 g/mol. The van der Waals surface area contributed by atoms with Gasteiger partial charge < -0.3 is 4.74 Å². The van der Waals surface area contributed by atoms with Gasteiger partial charge in [0.05, 0.1) is 24.3 Å². The molecule has 1 aromatic rings. The molecule has 1 atom stereocenters. The van der Waals surface area contributed by atoms with Gasteiger partial charge >= 0.3 is 0 Å². The maximum atomic E-state index is 8.87. The molecule has 0 aromatic carbocycles. The summed E-state index contributed by atoms with van der Waals surface area (Å²) in [5.41, 5.74) is 0.690. The average molecular weight is 270 g/mol. The number of alkyl halides is 1. The van der Waals surface area contributed by atoms with Crippen LogP contribution in [0.25, 0.3) is 0 Å². The standard InChI is InChI=1S/C10H12BrN3O/c1-2-3-15-10-4-9(13-7-14-10)8(5-11)6-12/h4,7-8H,2-3,5H2,1H3. The molecule has 1 heterocycles. The Kier molecular flexibility index (Phi) is 5.05. The van der Waals surface area contributed by atoms with Crippen LogP contribution in [0.4, 0.5) is 0 Å². The molecule has 0 fully saturated rings. The van der Waals surface area contributed by atoms with Crippen LogP contribution in [0.3, 0.4) is 0 Å². The summed E-state index contributed by atoms with van der Waals surface area (Å²) in [5.74, 6) is 0.278. The van der Waals surface area contributed by atoms with E-state index >= 15 is 0 Å². The average Bonchev–Trinajstić information content (AvgIpc) is 2.29. The molecule has 0 bridgehead atoms. The summed E-state index contributed by atoms with van der Waals surface area (Å²) in [6.07, 6.45) is 2.35. The molecule has 0 aliphatic rings. The Morgan fingerprint density at radius 3 is 3.00 bits per heavy atom. The quantitative estimate of drug-likeness (QED) is 0.770. The molecule has 0 amide bonds. The van der Waals surface area contributed by atoms with Crippen LogP contribution in [0.5, 0.6) is 5.88 Å². The summed E-state index contributed by atoms with van der Waals surface area (Å²) in [6, 6.07) is 3.87. The summed E-state index contributed by atoms with van der Waals surface area (Å²) >= 11 is 3.27. The number of aromatic nitrogens is 2. The molecule has 1 aromatic heterocycles. The van der Waals surface area contributed by atoms with Crippen LogP contribution in [0.15, 0.2) is 12.4 Å². The lowest BCUT2D eigenvalue weighted by molar-refractivity contribution is 0.304. The lowest BCUT2D eigenvalue weighted by Crippen LogP contribution is -2.03. The van der Waals surface area contributed by atoms with Gasteiger partial charge in [-0.05, 0) is 6.42 Å². The molecule has 0 saturated carbocycles. The van der Waals surface area contributed by atoms with Gasteiger partial charge in [0.2, 0.25) is 5.88 Å². The largest absolute Gasteiger partial charge is 0.478 e. The topological polar surface area (TPSA) is 58.8 Å². The second-order valence-corrected chi connectivity index (χ2v) is 3.61. The third kappa shape index (κ3) is 3.48. The normalized spacial score (nSPS) is 11.8. The summed E-state index contributed by atoms with van der Waals surface area (Å²) in [6.45, 7) is 2.65. The van der Waals surface area contributed by atoms with Gasteiger partial charge in [0, 0.05) is 11.4 Å². The number of ether oxygens (including phenoxy) is 1. The van der Waals surface area contributed by atoms with Gasteiger partial charge in [-0.2, -0.15) is 5.26 Å². The fourth-order valence-electron chi connectivity index (χ4n) is 1.01. The minimum absolute atomic E-state index is 0.253. The predicted octanol–water partition coefficient (Wildman–Crippen LogP) is 2.27. The van der Waals surface area contributed by atoms with Crippen molar-refractivity contribution in [2.24, 2.45) is 0 Å². The van der Waals surface area contributed by atoms with Crippen LogP contribution in [0, 0.1) is 11.3 Å². The van der Waals surface area contributed by atoms with E-state index in [1.165, 1.54) is 6.33 Å². The first kappa shape index (κ1) is 11.9. The van der Waals surface area contributed by atoms with E-state index in [1.54, 1.807) is 6.07 Å². The van der Waals surface area contributed by atoms with Crippen molar-refractivity contribution in [3.8, 4) is 11.9 Å². The van der Waals surface area contributed by atoms with Gasteiger partial charge in [0.1, 0.15) is 6.33 Å². The Hall–Kier alpha value is -1.15. The first-order valence-electron chi connectivity index (χ1n) is 4.72. The lowest BCUT2D eigenvalue weighted by atomic mass is 10.1. The highest BCUT2D eigenvalue weighted by molar-refractivity contribution is 9.09. The first-order valence-corrected chi connectivity index (χ1v) is 5.84. The summed E-state index contributed by atoms with van der Waals surface area (Å²) in [4.78, 5) is 8.02. The predicted molar refractivity (Wildman–Crippen MR) is 60.0 cm³/mol. The number of rotatable bonds is 5. The van der Waals surface area contributed by atoms with Gasteiger partial charge in [0.15, 0.2) is 0 Å². The molecule has 1 unspecified atom stereocenters. The van der Waals surface area contributed by atoms with E-state index in [9.17, 15) is 0 Å². The van der Waals surface area contributed by atoms with E-state index in [1.807, 2.05) is 6.92 Å². The maximum absolute atomic E-state index is 8.87. The van der Waals surface area contributed by atoms with Crippen molar-refractivity contribution in [3.05, 3.63) is 18.1 Å². The van der Waals surface area contributed by atoms with Crippen LogP contribution >= 0.6 is 15.9 Å². The maximum Gasteiger partial charge on any atom is 0.216 e. The molecule has 0 saturated heterocycles. The van der Waals surface area contributed by atoms with E-state index in [2.05, 4.69) is 32.0 Å². The number of nitrogens with zero attached hydrogens (tertiary/aromatic N) is 3. The highest BCUT2D eigenvalue weighted by atomic mass is 79.9. The van der Waals surface area contributed by atoms with Gasteiger partial charge in [-0.25, -0.2) is 9.97 Å². The van der Waals surface area contributed by atoms with E-state index in [4.69, 9.17) is 10.00 Å². The molecule has 0 spiro atoms. The fraction of sp³-hybridized carbons (Fsp3) is 0.500. The van der Waals surface area contributed by atoms with Crippen molar-refractivity contribution < 1.29 is 4.74 Å². The Morgan fingerprint density at radius 2 is 2.40 bits per heavy atom. The minimum Gasteiger partial charge on any atom is -0.478 e. The summed E-state index contributed by atoms with van der Waals surface area (Å²) in [5, 5.41) is 9.43. The van der Waals surface area contributed by atoms with E-state index in [-0.39, 0.29) is 5.92 Å². The Balaban J connectivity index is 2.78. The molecule has 0 aliphatic carbocycles. The molecule has 5 heteroatoms. The third-order valence-corrected chi connectivity index (χ3v) is 2.43. The van der Waals surface area contributed by atoms with Crippen LogP contribution in [0.1, 0.15) is 25.0 Å². The summed E-state index contributed by atoms with van der Waals surface area (Å²) in [7, 11) is 0. The van der Waals surface area contributed by atoms with Gasteiger partial charge in [-0.15, -0.1) is 0 Å². The number of hydrogen-bond donors (Lipinski definition) is 0. The molecule has 0 N–H and O–H groups in total. The van der Waals surface area contributed by atoms with E-state index < -0.39 is 0 Å². The van der Waals surface area contributed by atoms with Crippen molar-refractivity contribution in [2.45, 2.75) is 19.3 Å². The fourth-order valence-corrected chi connectivity index (χ4v) is 1.49. The highest BCUT2D eigenvalue weighted by Crippen LogP contribution is 2.17. The monoisotopic (exact) mass is 269 g/mol. The Morgan fingerprint density at radius 1 is 1.60 bits per heavy atom. The molecular formula is C10H12BrN3O. The number of nitriles is 1. The molecule has 0 radical (unpaired) electrons. The number of hydrogen-bond acceptors (Lipinski definition) is 4. The highest BCUT2D eigenvalue weighted by Gasteiger charge is 2.11. The van der Waals surface area contributed by atoms with Crippen molar-refractivity contribution in [2.75, 3.05) is 11.9 Å². The van der Waals surface area contributed by atoms with Crippen LogP contribution in [-0.4, -0.2) is 21.9 Å². The van der Waals surface area contributed by atoms with Crippen molar-refractivity contribution in [3.63, 3.8) is 0 Å². The molecule has 4 nitrogen and oxygen atoms in total. The van der Waals surface area contributed by atoms with Crippen molar-refractivity contribution >= 4 is 15.9 Å². The van der Waals surface area contributed by atoms with Crippen molar-refractivity contribution in [1.29, 1.82) is 5.26 Å². The zero-order valence-electron chi connectivity index (χ0n) is 8.48. The molecule has 15 heavy (non-hydrogen) atoms. The zero-order chi connectivity index (χ0) is 11.1. The van der Waals surface area contributed by atoms with E-state index in [0.717, 1.165) is 6.42 Å². The second-order valence-electron chi connectivity index (χ2n) is 2.97. The zero-order valence-corrected chi connectivity index (χ0v) is 10.1. The Bertz CT molecular complexity index is 351. The SMILES string of the molecule is CCCOc1cc(C(C#N)CBr)ncn1.